The van der Waals surface area contributed by atoms with E-state index in [9.17, 15) is 0 Å². The van der Waals surface area contributed by atoms with E-state index in [1.165, 1.54) is 18.4 Å². The molecule has 30 heavy (non-hydrogen) atoms. The van der Waals surface area contributed by atoms with Crippen LogP contribution in [0.2, 0.25) is 0 Å². The molecule has 0 amide bonds. The van der Waals surface area contributed by atoms with Crippen LogP contribution in [0, 0.1) is 0 Å². The third-order valence-electron chi connectivity index (χ3n) is 6.18. The number of nitrogens with one attached hydrogen (secondary N) is 2. The summed E-state index contributed by atoms with van der Waals surface area (Å²) in [5.41, 5.74) is 2.15. The van der Waals surface area contributed by atoms with Gasteiger partial charge in [0.1, 0.15) is 11.4 Å². The second-order valence-corrected chi connectivity index (χ2v) is 8.01. The number of hydrogen-bond acceptors (Lipinski definition) is 4. The standard InChI is InChI=1S/C24H31N3O3/c1-25-23(26-16-17-9-8-12-21(28-2)22(17)29-3)27-19-15-24(13-6-7-14-24)30-20-11-5-4-10-18(19)20/h4-5,8-12,19H,6-7,13-16H2,1-3H3,(H2,25,26,27). The summed E-state index contributed by atoms with van der Waals surface area (Å²) >= 11 is 0. The molecule has 1 saturated carbocycles. The molecule has 1 atom stereocenters. The molecule has 160 valence electrons. The number of methoxy groups -OCH3 is 2. The molecule has 6 nitrogen and oxygen atoms in total. The average Bonchev–Trinajstić information content (AvgIpc) is 3.23. The molecule has 0 bridgehead atoms. The fourth-order valence-electron chi connectivity index (χ4n) is 4.70. The molecule has 6 heteroatoms. The Labute approximate surface area is 178 Å². The first-order valence-electron chi connectivity index (χ1n) is 10.6. The largest absolute Gasteiger partial charge is 0.493 e. The zero-order chi connectivity index (χ0) is 21.0. The fraction of sp³-hybridized carbons (Fsp3) is 0.458. The van der Waals surface area contributed by atoms with Gasteiger partial charge in [-0.1, -0.05) is 30.3 Å². The maximum Gasteiger partial charge on any atom is 0.191 e. The lowest BCUT2D eigenvalue weighted by Gasteiger charge is -2.40. The Morgan fingerprint density at radius 3 is 2.63 bits per heavy atom. The SMILES string of the molecule is CN=C(NCc1cccc(OC)c1OC)NC1CC2(CCCC2)Oc2ccccc21. The van der Waals surface area contributed by atoms with Gasteiger partial charge in [-0.2, -0.15) is 0 Å². The number of ether oxygens (including phenoxy) is 3. The molecular weight excluding hydrogens is 378 g/mol. The van der Waals surface area contributed by atoms with Gasteiger partial charge in [-0.05, 0) is 37.8 Å². The van der Waals surface area contributed by atoms with Crippen LogP contribution in [-0.4, -0.2) is 32.8 Å². The predicted octanol–water partition coefficient (Wildman–Crippen LogP) is 4.21. The second-order valence-electron chi connectivity index (χ2n) is 8.01. The van der Waals surface area contributed by atoms with Crippen LogP contribution in [0.4, 0.5) is 0 Å². The Bertz CT molecular complexity index is 906. The maximum atomic E-state index is 6.48. The molecule has 2 N–H and O–H groups in total. The Morgan fingerprint density at radius 2 is 1.90 bits per heavy atom. The fourth-order valence-corrected chi connectivity index (χ4v) is 4.70. The third kappa shape index (κ3) is 4.04. The first kappa shape index (κ1) is 20.4. The molecule has 1 heterocycles. The molecule has 2 aromatic rings. The van der Waals surface area contributed by atoms with Gasteiger partial charge in [-0.25, -0.2) is 0 Å². The van der Waals surface area contributed by atoms with Gasteiger partial charge in [0.25, 0.3) is 0 Å². The number of hydrogen-bond donors (Lipinski definition) is 2. The zero-order valence-corrected chi connectivity index (χ0v) is 18.0. The smallest absolute Gasteiger partial charge is 0.191 e. The van der Waals surface area contributed by atoms with Gasteiger partial charge in [0.15, 0.2) is 17.5 Å². The van der Waals surface area contributed by atoms with Gasteiger partial charge >= 0.3 is 0 Å². The normalized spacial score (nSPS) is 19.7. The summed E-state index contributed by atoms with van der Waals surface area (Å²) in [5, 5.41) is 7.07. The number of nitrogens with zero attached hydrogens (tertiary/aromatic N) is 1. The van der Waals surface area contributed by atoms with E-state index in [2.05, 4.69) is 33.8 Å². The Kier molecular flexibility index (Phi) is 6.02. The van der Waals surface area contributed by atoms with Crippen molar-refractivity contribution in [1.82, 2.24) is 10.6 Å². The minimum atomic E-state index is -0.0547. The zero-order valence-electron chi connectivity index (χ0n) is 18.0. The molecule has 0 saturated heterocycles. The van der Waals surface area contributed by atoms with Crippen LogP contribution in [0.1, 0.15) is 49.3 Å². The van der Waals surface area contributed by atoms with Crippen LogP contribution in [0.3, 0.4) is 0 Å². The minimum Gasteiger partial charge on any atom is -0.493 e. The van der Waals surface area contributed by atoms with Crippen LogP contribution in [-0.2, 0) is 6.54 Å². The third-order valence-corrected chi connectivity index (χ3v) is 6.18. The molecule has 1 aliphatic carbocycles. The van der Waals surface area contributed by atoms with Crippen molar-refractivity contribution in [3.05, 3.63) is 53.6 Å². The first-order chi connectivity index (χ1) is 14.7. The van der Waals surface area contributed by atoms with Crippen molar-refractivity contribution in [3.8, 4) is 17.2 Å². The summed E-state index contributed by atoms with van der Waals surface area (Å²) in [7, 11) is 5.11. The van der Waals surface area contributed by atoms with Gasteiger partial charge in [0, 0.05) is 31.1 Å². The monoisotopic (exact) mass is 409 g/mol. The second kappa shape index (κ2) is 8.86. The topological polar surface area (TPSA) is 64.1 Å². The summed E-state index contributed by atoms with van der Waals surface area (Å²) in [4.78, 5) is 4.46. The van der Waals surface area contributed by atoms with Crippen molar-refractivity contribution in [1.29, 1.82) is 0 Å². The molecule has 1 fully saturated rings. The maximum absolute atomic E-state index is 6.48. The van der Waals surface area contributed by atoms with Crippen LogP contribution in [0.5, 0.6) is 17.2 Å². The number of guanidine groups is 1. The first-order valence-corrected chi connectivity index (χ1v) is 10.6. The van der Waals surface area contributed by atoms with Gasteiger partial charge in [0.2, 0.25) is 0 Å². The van der Waals surface area contributed by atoms with E-state index in [0.29, 0.717) is 6.54 Å². The number of para-hydroxylation sites is 2. The van der Waals surface area contributed by atoms with Crippen LogP contribution in [0.25, 0.3) is 0 Å². The number of aliphatic imine (C=N–C) groups is 1. The van der Waals surface area contributed by atoms with E-state index in [0.717, 1.165) is 48.0 Å². The number of rotatable bonds is 5. The average molecular weight is 410 g/mol. The van der Waals surface area contributed by atoms with E-state index in [4.69, 9.17) is 14.2 Å². The molecule has 0 radical (unpaired) electrons. The van der Waals surface area contributed by atoms with Crippen molar-refractivity contribution in [2.75, 3.05) is 21.3 Å². The highest BCUT2D eigenvalue weighted by atomic mass is 16.5. The number of fused-ring (bicyclic) bond motifs is 1. The van der Waals surface area contributed by atoms with Gasteiger partial charge in [-0.3, -0.25) is 4.99 Å². The van der Waals surface area contributed by atoms with Crippen molar-refractivity contribution < 1.29 is 14.2 Å². The summed E-state index contributed by atoms with van der Waals surface area (Å²) in [6.45, 7) is 0.579. The van der Waals surface area contributed by atoms with Crippen molar-refractivity contribution in [2.24, 2.45) is 4.99 Å². The van der Waals surface area contributed by atoms with E-state index in [1.54, 1.807) is 21.3 Å². The van der Waals surface area contributed by atoms with Crippen LogP contribution in [0.15, 0.2) is 47.5 Å². The van der Waals surface area contributed by atoms with Gasteiger partial charge < -0.3 is 24.8 Å². The lowest BCUT2D eigenvalue weighted by atomic mass is 9.86. The summed E-state index contributed by atoms with van der Waals surface area (Å²) in [6.07, 6.45) is 5.65. The Hall–Kier alpha value is -2.89. The molecule has 2 aliphatic rings. The summed E-state index contributed by atoms with van der Waals surface area (Å²) in [5.74, 6) is 3.22. The number of benzene rings is 2. The van der Waals surface area contributed by atoms with Gasteiger partial charge in [0.05, 0.1) is 20.3 Å². The highest BCUT2D eigenvalue weighted by molar-refractivity contribution is 5.80. The summed E-state index contributed by atoms with van der Waals surface area (Å²) < 4.78 is 17.4. The molecule has 2 aromatic carbocycles. The lowest BCUT2D eigenvalue weighted by molar-refractivity contribution is 0.0396. The van der Waals surface area contributed by atoms with Crippen LogP contribution < -0.4 is 24.8 Å². The van der Waals surface area contributed by atoms with Crippen molar-refractivity contribution in [3.63, 3.8) is 0 Å². The summed E-state index contributed by atoms with van der Waals surface area (Å²) in [6, 6.07) is 14.4. The van der Waals surface area contributed by atoms with E-state index in [-0.39, 0.29) is 11.6 Å². The van der Waals surface area contributed by atoms with Gasteiger partial charge in [-0.15, -0.1) is 0 Å². The molecule has 1 spiro atoms. The predicted molar refractivity (Wildman–Crippen MR) is 119 cm³/mol. The van der Waals surface area contributed by atoms with Crippen molar-refractivity contribution >= 4 is 5.96 Å². The molecule has 1 unspecified atom stereocenters. The van der Waals surface area contributed by atoms with E-state index < -0.39 is 0 Å². The van der Waals surface area contributed by atoms with E-state index in [1.807, 2.05) is 24.3 Å². The van der Waals surface area contributed by atoms with Crippen molar-refractivity contribution in [2.45, 2.75) is 50.3 Å². The molecule has 0 aromatic heterocycles. The highest BCUT2D eigenvalue weighted by Gasteiger charge is 2.43. The quantitative estimate of drug-likeness (QED) is 0.572. The highest BCUT2D eigenvalue weighted by Crippen LogP contribution is 2.47. The van der Waals surface area contributed by atoms with E-state index >= 15 is 0 Å². The molecule has 1 aliphatic heterocycles. The Balaban J connectivity index is 1.50. The Morgan fingerprint density at radius 1 is 1.10 bits per heavy atom. The van der Waals surface area contributed by atoms with Crippen LogP contribution >= 0.6 is 0 Å². The molecule has 4 rings (SSSR count). The molecular formula is C24H31N3O3. The minimum absolute atomic E-state index is 0.0547. The lowest BCUT2D eigenvalue weighted by Crippen LogP contribution is -2.46.